The van der Waals surface area contributed by atoms with Crippen molar-refractivity contribution in [3.05, 3.63) is 83.6 Å². The van der Waals surface area contributed by atoms with Crippen molar-refractivity contribution in [1.82, 2.24) is 0 Å². The lowest BCUT2D eigenvalue weighted by atomic mass is 9.79. The molecule has 1 nitrogen and oxygen atoms in total. The summed E-state index contributed by atoms with van der Waals surface area (Å²) in [5.41, 5.74) is 4.87. The van der Waals surface area contributed by atoms with Crippen LogP contribution in [0.15, 0.2) is 83.6 Å². The molecular weight excluding hydrogens is 232 g/mol. The quantitative estimate of drug-likeness (QED) is 0.666. The van der Waals surface area contributed by atoms with Gasteiger partial charge in [0.05, 0.1) is 0 Å². The van der Waals surface area contributed by atoms with Gasteiger partial charge >= 0.3 is 0 Å². The molecule has 0 fully saturated rings. The molecule has 0 saturated heterocycles. The van der Waals surface area contributed by atoms with Gasteiger partial charge < -0.3 is 0 Å². The first-order valence-corrected chi connectivity index (χ1v) is 6.23. The van der Waals surface area contributed by atoms with Crippen LogP contribution in [0.2, 0.25) is 0 Å². The SMILES string of the molecule is C=C/C=C\C1=C(C)C(=O)C(/C(C)=C\C)=C(C=C)C1=C. The predicted octanol–water partition coefficient (Wildman–Crippen LogP) is 4.63. The fourth-order valence-corrected chi connectivity index (χ4v) is 2.11. The maximum Gasteiger partial charge on any atom is 0.190 e. The average Bonchev–Trinajstić information content (AvgIpc) is 2.41. The molecule has 0 spiro atoms. The summed E-state index contributed by atoms with van der Waals surface area (Å²) in [6, 6.07) is 0. The maximum absolute atomic E-state index is 12.5. The van der Waals surface area contributed by atoms with Crippen LogP contribution >= 0.6 is 0 Å². The average molecular weight is 252 g/mol. The molecule has 0 unspecified atom stereocenters. The van der Waals surface area contributed by atoms with Crippen LogP contribution < -0.4 is 0 Å². The summed E-state index contributed by atoms with van der Waals surface area (Å²) >= 11 is 0. The fraction of sp³-hybridized carbons (Fsp3) is 0.167. The molecule has 0 N–H and O–H groups in total. The van der Waals surface area contributed by atoms with Gasteiger partial charge in [0.25, 0.3) is 0 Å². The van der Waals surface area contributed by atoms with Crippen LogP contribution in [0.3, 0.4) is 0 Å². The van der Waals surface area contributed by atoms with Gasteiger partial charge in [-0.2, -0.15) is 0 Å². The number of carbonyl (C=O) groups is 1. The molecular formula is C18H20O. The molecule has 0 aromatic rings. The summed E-state index contributed by atoms with van der Waals surface area (Å²) in [5.74, 6) is 0.0432. The number of hydrogen-bond acceptors (Lipinski definition) is 1. The Labute approximate surface area is 115 Å². The number of carbonyl (C=O) groups excluding carboxylic acids is 1. The smallest absolute Gasteiger partial charge is 0.190 e. The van der Waals surface area contributed by atoms with Gasteiger partial charge in [0.1, 0.15) is 0 Å². The molecule has 1 heteroatoms. The summed E-state index contributed by atoms with van der Waals surface area (Å²) in [5, 5.41) is 0. The molecule has 19 heavy (non-hydrogen) atoms. The largest absolute Gasteiger partial charge is 0.289 e. The van der Waals surface area contributed by atoms with Crippen molar-refractivity contribution in [2.45, 2.75) is 20.8 Å². The van der Waals surface area contributed by atoms with Crippen molar-refractivity contribution in [1.29, 1.82) is 0 Å². The highest BCUT2D eigenvalue weighted by Crippen LogP contribution is 2.35. The molecule has 98 valence electrons. The van der Waals surface area contributed by atoms with E-state index in [2.05, 4.69) is 19.7 Å². The van der Waals surface area contributed by atoms with E-state index in [4.69, 9.17) is 0 Å². The van der Waals surface area contributed by atoms with E-state index < -0.39 is 0 Å². The molecule has 0 atom stereocenters. The Morgan fingerprint density at radius 1 is 1.21 bits per heavy atom. The van der Waals surface area contributed by atoms with Crippen LogP contribution in [0.4, 0.5) is 0 Å². The van der Waals surface area contributed by atoms with Crippen molar-refractivity contribution >= 4 is 5.78 Å². The number of ketones is 1. The van der Waals surface area contributed by atoms with Crippen molar-refractivity contribution in [2.24, 2.45) is 0 Å². The van der Waals surface area contributed by atoms with E-state index in [-0.39, 0.29) is 5.78 Å². The first-order chi connectivity index (χ1) is 8.99. The highest BCUT2D eigenvalue weighted by Gasteiger charge is 2.26. The normalized spacial score (nSPS) is 17.5. The van der Waals surface area contributed by atoms with Crippen molar-refractivity contribution in [2.75, 3.05) is 0 Å². The van der Waals surface area contributed by atoms with Crippen LogP contribution in [0.5, 0.6) is 0 Å². The van der Waals surface area contributed by atoms with Crippen molar-refractivity contribution in [3.63, 3.8) is 0 Å². The van der Waals surface area contributed by atoms with Crippen LogP contribution in [0, 0.1) is 0 Å². The summed E-state index contributed by atoms with van der Waals surface area (Å²) in [4.78, 5) is 12.5. The monoisotopic (exact) mass is 252 g/mol. The predicted molar refractivity (Wildman–Crippen MR) is 82.8 cm³/mol. The Morgan fingerprint density at radius 2 is 1.84 bits per heavy atom. The van der Waals surface area contributed by atoms with Gasteiger partial charge in [0.2, 0.25) is 0 Å². The molecule has 1 rings (SSSR count). The Bertz CT molecular complexity index is 575. The summed E-state index contributed by atoms with van der Waals surface area (Å²) < 4.78 is 0. The Kier molecular flexibility index (Phi) is 4.82. The molecule has 0 heterocycles. The van der Waals surface area contributed by atoms with Gasteiger partial charge in [0.15, 0.2) is 5.78 Å². The van der Waals surface area contributed by atoms with E-state index in [0.717, 1.165) is 22.3 Å². The number of allylic oxidation sites excluding steroid dienone is 11. The Hall–Kier alpha value is -2.15. The molecule has 1 aliphatic carbocycles. The maximum atomic E-state index is 12.5. The van der Waals surface area contributed by atoms with Crippen molar-refractivity contribution in [3.8, 4) is 0 Å². The molecule has 0 aromatic carbocycles. The number of rotatable bonds is 4. The third kappa shape index (κ3) is 2.65. The molecule has 0 aromatic heterocycles. The van der Waals surface area contributed by atoms with Crippen LogP contribution in [-0.2, 0) is 4.79 Å². The topological polar surface area (TPSA) is 17.1 Å². The second-order valence-corrected chi connectivity index (χ2v) is 4.41. The van der Waals surface area contributed by atoms with E-state index >= 15 is 0 Å². The van der Waals surface area contributed by atoms with Gasteiger partial charge in [-0.3, -0.25) is 4.79 Å². The standard InChI is InChI=1S/C18H20O/c1-7-10-11-16-13(5)15(9-3)17(12(4)8-2)18(19)14(16)6/h7-11H,1,3,5H2,2,4,6H3/b11-10-,12-8-. The van der Waals surface area contributed by atoms with E-state index in [1.807, 2.05) is 39.0 Å². The summed E-state index contributed by atoms with van der Waals surface area (Å²) in [7, 11) is 0. The van der Waals surface area contributed by atoms with Gasteiger partial charge in [0, 0.05) is 11.1 Å². The van der Waals surface area contributed by atoms with E-state index in [1.54, 1.807) is 12.2 Å². The van der Waals surface area contributed by atoms with Crippen LogP contribution in [0.1, 0.15) is 20.8 Å². The second kappa shape index (κ2) is 6.14. The number of Topliss-reactive ketones (excluding diaryl/α,β-unsaturated/α-hetero) is 1. The Balaban J connectivity index is 3.52. The van der Waals surface area contributed by atoms with E-state index in [9.17, 15) is 4.79 Å². The third-order valence-corrected chi connectivity index (χ3v) is 3.32. The van der Waals surface area contributed by atoms with Crippen LogP contribution in [0.25, 0.3) is 0 Å². The fourth-order valence-electron chi connectivity index (χ4n) is 2.11. The minimum Gasteiger partial charge on any atom is -0.289 e. The first kappa shape index (κ1) is 14.9. The van der Waals surface area contributed by atoms with Gasteiger partial charge in [-0.15, -0.1) is 0 Å². The third-order valence-electron chi connectivity index (χ3n) is 3.32. The zero-order chi connectivity index (χ0) is 14.6. The van der Waals surface area contributed by atoms with Crippen LogP contribution in [-0.4, -0.2) is 5.78 Å². The lowest BCUT2D eigenvalue weighted by Crippen LogP contribution is -2.16. The summed E-state index contributed by atoms with van der Waals surface area (Å²) in [6.07, 6.45) is 9.00. The molecule has 0 saturated carbocycles. The minimum absolute atomic E-state index is 0.0432. The molecule has 0 radical (unpaired) electrons. The first-order valence-electron chi connectivity index (χ1n) is 6.23. The molecule has 0 aliphatic heterocycles. The van der Waals surface area contributed by atoms with Gasteiger partial charge in [-0.05, 0) is 43.1 Å². The zero-order valence-electron chi connectivity index (χ0n) is 11.9. The number of hydrogen-bond donors (Lipinski definition) is 0. The lowest BCUT2D eigenvalue weighted by molar-refractivity contribution is -0.112. The van der Waals surface area contributed by atoms with Gasteiger partial charge in [-0.1, -0.05) is 50.1 Å². The lowest BCUT2D eigenvalue weighted by Gasteiger charge is -2.23. The van der Waals surface area contributed by atoms with E-state index in [0.29, 0.717) is 11.1 Å². The minimum atomic E-state index is 0.0432. The highest BCUT2D eigenvalue weighted by atomic mass is 16.1. The van der Waals surface area contributed by atoms with Gasteiger partial charge in [-0.25, -0.2) is 0 Å². The molecule has 0 bridgehead atoms. The molecule has 0 amide bonds. The van der Waals surface area contributed by atoms with E-state index in [1.165, 1.54) is 0 Å². The summed E-state index contributed by atoms with van der Waals surface area (Å²) in [6.45, 7) is 17.2. The second-order valence-electron chi connectivity index (χ2n) is 4.41. The van der Waals surface area contributed by atoms with Crippen molar-refractivity contribution < 1.29 is 4.79 Å². The zero-order valence-corrected chi connectivity index (χ0v) is 11.9. The Morgan fingerprint density at radius 3 is 2.32 bits per heavy atom. The highest BCUT2D eigenvalue weighted by molar-refractivity contribution is 6.15. The molecule has 1 aliphatic rings.